The van der Waals surface area contributed by atoms with E-state index in [-0.39, 0.29) is 16.2 Å². The van der Waals surface area contributed by atoms with Crippen molar-refractivity contribution in [1.82, 2.24) is 35.2 Å². The van der Waals surface area contributed by atoms with Crippen molar-refractivity contribution in [3.8, 4) is 0 Å². The third-order valence-corrected chi connectivity index (χ3v) is 4.70. The molecule has 3 aromatic heterocycles. The highest BCUT2D eigenvalue weighted by molar-refractivity contribution is 5.73. The lowest BCUT2D eigenvalue weighted by Gasteiger charge is -2.18. The van der Waals surface area contributed by atoms with Crippen molar-refractivity contribution in [2.75, 3.05) is 0 Å². The molecule has 0 aliphatic rings. The van der Waals surface area contributed by atoms with Gasteiger partial charge in [-0.05, 0) is 34.4 Å². The molecule has 198 valence electrons. The molecule has 36 heavy (non-hydrogen) atoms. The average molecular weight is 498 g/mol. The van der Waals surface area contributed by atoms with Crippen LogP contribution in [0.3, 0.4) is 0 Å². The van der Waals surface area contributed by atoms with Crippen LogP contribution in [0.1, 0.15) is 93.4 Å². The van der Waals surface area contributed by atoms with Crippen LogP contribution in [-0.2, 0) is 23.3 Å². The topological polar surface area (TPSA) is 115 Å². The van der Waals surface area contributed by atoms with Crippen LogP contribution >= 0.6 is 0 Å². The summed E-state index contributed by atoms with van der Waals surface area (Å²) in [7, 11) is 1.77. The van der Waals surface area contributed by atoms with Crippen LogP contribution in [0, 0.1) is 0 Å². The van der Waals surface area contributed by atoms with E-state index in [1.807, 2.05) is 38.1 Å². The quantitative estimate of drug-likeness (QED) is 0.330. The number of hydrogen-bond donors (Lipinski definition) is 1. The molecule has 9 heteroatoms. The Morgan fingerprint density at radius 3 is 1.78 bits per heavy atom. The molecule has 1 aromatic carbocycles. The smallest absolute Gasteiger partial charge is 0.408 e. The first-order chi connectivity index (χ1) is 16.6. The minimum atomic E-state index is -0.397. The summed E-state index contributed by atoms with van der Waals surface area (Å²) in [6.07, 6.45) is 3.54. The van der Waals surface area contributed by atoms with Crippen molar-refractivity contribution in [3.05, 3.63) is 64.4 Å². The van der Waals surface area contributed by atoms with Crippen LogP contribution in [0.25, 0.3) is 11.1 Å². The molecule has 1 N–H and O–H groups in total. The zero-order chi connectivity index (χ0) is 27.7. The predicted octanol–water partition coefficient (Wildman–Crippen LogP) is 5.73. The molecule has 0 bridgehead atoms. The van der Waals surface area contributed by atoms with Gasteiger partial charge in [-0.3, -0.25) is 4.98 Å². The molecule has 3 heterocycles. The summed E-state index contributed by atoms with van der Waals surface area (Å²) < 4.78 is 4.99. The summed E-state index contributed by atoms with van der Waals surface area (Å²) in [5, 5.41) is 11.7. The standard InChI is InChI=1S/C11H13NO2.C8H12N2.C6H12N4.C2H6/c1-11(2,3)7-4-5-8-9(6-7)14-10(13)12-8;1-8(2,3)7-9-5-4-6-10-7;1-6(2,3)5-7-9-10(4)8-5;1-2/h4-6H,1-3H3,(H,12,13);4-6H,1-3H3;1-4H3;1-2H3. The first kappa shape index (κ1) is 30.7. The van der Waals surface area contributed by atoms with E-state index < -0.39 is 5.76 Å². The van der Waals surface area contributed by atoms with Gasteiger partial charge in [0.25, 0.3) is 0 Å². The highest BCUT2D eigenvalue weighted by atomic mass is 16.4. The maximum atomic E-state index is 10.9. The maximum Gasteiger partial charge on any atom is 0.417 e. The molecule has 0 aliphatic carbocycles. The molecule has 0 atom stereocenters. The lowest BCUT2D eigenvalue weighted by Crippen LogP contribution is -2.14. The van der Waals surface area contributed by atoms with E-state index in [2.05, 4.69) is 92.7 Å². The fourth-order valence-corrected chi connectivity index (χ4v) is 2.68. The molecular weight excluding hydrogens is 454 g/mol. The molecule has 0 unspecified atom stereocenters. The Morgan fingerprint density at radius 1 is 0.833 bits per heavy atom. The minimum absolute atomic E-state index is 0.00819. The first-order valence-corrected chi connectivity index (χ1v) is 12.2. The van der Waals surface area contributed by atoms with Gasteiger partial charge < -0.3 is 4.42 Å². The zero-order valence-electron chi connectivity index (χ0n) is 24.0. The van der Waals surface area contributed by atoms with E-state index in [4.69, 9.17) is 4.42 Å². The van der Waals surface area contributed by atoms with Crippen molar-refractivity contribution in [2.24, 2.45) is 7.05 Å². The van der Waals surface area contributed by atoms with Crippen LogP contribution in [0.15, 0.2) is 45.9 Å². The van der Waals surface area contributed by atoms with Gasteiger partial charge in [0.2, 0.25) is 0 Å². The van der Waals surface area contributed by atoms with E-state index in [0.29, 0.717) is 5.58 Å². The summed E-state index contributed by atoms with van der Waals surface area (Å²) in [6.45, 7) is 22.8. The second kappa shape index (κ2) is 12.6. The Hall–Kier alpha value is -3.36. The molecule has 0 spiro atoms. The summed E-state index contributed by atoms with van der Waals surface area (Å²) in [5.74, 6) is 1.29. The van der Waals surface area contributed by atoms with Gasteiger partial charge >= 0.3 is 5.76 Å². The SMILES string of the molecule is CC.CC(C)(C)c1ccc2[nH]c(=O)oc2c1.CC(C)(C)c1ncccn1.Cn1nnc(C(C)(C)C)n1. The Kier molecular flexibility index (Phi) is 10.7. The number of benzene rings is 1. The summed E-state index contributed by atoms with van der Waals surface area (Å²) in [6, 6.07) is 7.62. The number of nitrogens with one attached hydrogen (secondary N) is 1. The molecule has 0 saturated carbocycles. The van der Waals surface area contributed by atoms with Crippen LogP contribution in [0.5, 0.6) is 0 Å². The van der Waals surface area contributed by atoms with E-state index in [1.54, 1.807) is 19.4 Å². The van der Waals surface area contributed by atoms with Crippen LogP contribution < -0.4 is 5.76 Å². The van der Waals surface area contributed by atoms with E-state index in [9.17, 15) is 4.79 Å². The molecule has 0 aliphatic heterocycles. The molecule has 0 radical (unpaired) electrons. The lowest BCUT2D eigenvalue weighted by atomic mass is 9.87. The number of H-pyrrole nitrogens is 1. The average Bonchev–Trinajstić information content (AvgIpc) is 3.39. The van der Waals surface area contributed by atoms with Crippen LogP contribution in [0.2, 0.25) is 0 Å². The normalized spacial score (nSPS) is 11.4. The number of hydrogen-bond acceptors (Lipinski definition) is 7. The van der Waals surface area contributed by atoms with Gasteiger partial charge in [-0.15, -0.1) is 10.2 Å². The van der Waals surface area contributed by atoms with Crippen molar-refractivity contribution >= 4 is 11.1 Å². The number of rotatable bonds is 0. The monoisotopic (exact) mass is 497 g/mol. The molecular formula is C27H43N7O2. The summed E-state index contributed by atoms with van der Waals surface area (Å²) in [5.41, 5.74) is 2.69. The first-order valence-electron chi connectivity index (χ1n) is 12.2. The zero-order valence-corrected chi connectivity index (χ0v) is 24.0. The van der Waals surface area contributed by atoms with Crippen molar-refractivity contribution in [2.45, 2.75) is 92.4 Å². The molecule has 9 nitrogen and oxygen atoms in total. The van der Waals surface area contributed by atoms with Crippen LogP contribution in [0.4, 0.5) is 0 Å². The van der Waals surface area contributed by atoms with Gasteiger partial charge in [0, 0.05) is 23.2 Å². The fourth-order valence-electron chi connectivity index (χ4n) is 2.68. The number of aromatic nitrogens is 7. The van der Waals surface area contributed by atoms with Crippen LogP contribution in [-0.4, -0.2) is 35.2 Å². The second-order valence-corrected chi connectivity index (χ2v) is 11.2. The Morgan fingerprint density at radius 2 is 1.39 bits per heavy atom. The summed E-state index contributed by atoms with van der Waals surface area (Å²) in [4.78, 5) is 23.3. The molecule has 0 amide bonds. The maximum absolute atomic E-state index is 10.9. The predicted molar refractivity (Wildman–Crippen MR) is 145 cm³/mol. The van der Waals surface area contributed by atoms with E-state index in [0.717, 1.165) is 22.7 Å². The molecule has 4 rings (SSSR count). The third-order valence-electron chi connectivity index (χ3n) is 4.70. The van der Waals surface area contributed by atoms with E-state index in [1.165, 1.54) is 4.80 Å². The fraction of sp³-hybridized carbons (Fsp3) is 0.556. The molecule has 4 aromatic rings. The Balaban J connectivity index is 0.000000266. The highest BCUT2D eigenvalue weighted by Gasteiger charge is 2.19. The Bertz CT molecular complexity index is 1240. The van der Waals surface area contributed by atoms with Gasteiger partial charge in [0.1, 0.15) is 5.82 Å². The largest absolute Gasteiger partial charge is 0.417 e. The van der Waals surface area contributed by atoms with Crippen molar-refractivity contribution in [3.63, 3.8) is 0 Å². The van der Waals surface area contributed by atoms with Gasteiger partial charge in [-0.25, -0.2) is 14.8 Å². The lowest BCUT2D eigenvalue weighted by molar-refractivity contribution is 0.538. The second-order valence-electron chi connectivity index (χ2n) is 11.2. The number of fused-ring (bicyclic) bond motifs is 1. The van der Waals surface area contributed by atoms with Gasteiger partial charge in [-0.1, -0.05) is 82.2 Å². The number of oxazole rings is 1. The Labute approximate surface area is 214 Å². The van der Waals surface area contributed by atoms with Crippen molar-refractivity contribution < 1.29 is 4.42 Å². The highest BCUT2D eigenvalue weighted by Crippen LogP contribution is 2.24. The minimum Gasteiger partial charge on any atom is -0.408 e. The van der Waals surface area contributed by atoms with Crippen molar-refractivity contribution in [1.29, 1.82) is 0 Å². The van der Waals surface area contributed by atoms with Gasteiger partial charge in [-0.2, -0.15) is 4.80 Å². The number of aryl methyl sites for hydroxylation is 1. The number of tetrazole rings is 1. The molecule has 0 saturated heterocycles. The number of aromatic amines is 1. The van der Waals surface area contributed by atoms with Gasteiger partial charge in [0.15, 0.2) is 11.4 Å². The summed E-state index contributed by atoms with van der Waals surface area (Å²) >= 11 is 0. The number of nitrogens with zero attached hydrogens (tertiary/aromatic N) is 6. The van der Waals surface area contributed by atoms with Gasteiger partial charge in [0.05, 0.1) is 12.6 Å². The third kappa shape index (κ3) is 9.71. The molecule has 0 fully saturated rings. The van der Waals surface area contributed by atoms with E-state index >= 15 is 0 Å².